The van der Waals surface area contributed by atoms with Crippen molar-refractivity contribution < 1.29 is 5.11 Å². The van der Waals surface area contributed by atoms with Crippen molar-refractivity contribution in [3.63, 3.8) is 0 Å². The highest BCUT2D eigenvalue weighted by Gasteiger charge is 2.25. The SMILES string of the molecule is CC1C=C(c2csc3nc(-c4ccccn4)nc(N4CCCC(O)C4)c23)C=CC1. The molecule has 0 radical (unpaired) electrons. The lowest BCUT2D eigenvalue weighted by atomic mass is 9.93. The zero-order valence-corrected chi connectivity index (χ0v) is 17.3. The van der Waals surface area contributed by atoms with Gasteiger partial charge in [-0.25, -0.2) is 9.97 Å². The lowest BCUT2D eigenvalue weighted by Gasteiger charge is -2.32. The van der Waals surface area contributed by atoms with Crippen LogP contribution in [0.5, 0.6) is 0 Å². The van der Waals surface area contributed by atoms with Gasteiger partial charge in [-0.2, -0.15) is 0 Å². The summed E-state index contributed by atoms with van der Waals surface area (Å²) in [5.74, 6) is 2.08. The molecule has 0 spiro atoms. The van der Waals surface area contributed by atoms with E-state index in [4.69, 9.17) is 9.97 Å². The molecule has 0 aromatic carbocycles. The molecule has 1 fully saturated rings. The maximum atomic E-state index is 10.3. The number of fused-ring (bicyclic) bond motifs is 1. The largest absolute Gasteiger partial charge is 0.391 e. The van der Waals surface area contributed by atoms with Crippen molar-refractivity contribution in [1.82, 2.24) is 15.0 Å². The number of β-amino-alcohol motifs (C(OH)–C–C–N with tert-alkyl or cyclic N) is 1. The van der Waals surface area contributed by atoms with Gasteiger partial charge in [0.2, 0.25) is 0 Å². The van der Waals surface area contributed by atoms with Gasteiger partial charge in [0.1, 0.15) is 16.3 Å². The van der Waals surface area contributed by atoms with Crippen LogP contribution in [0.4, 0.5) is 5.82 Å². The van der Waals surface area contributed by atoms with Gasteiger partial charge in [0.05, 0.1) is 11.5 Å². The molecule has 0 bridgehead atoms. The lowest BCUT2D eigenvalue weighted by molar-refractivity contribution is 0.154. The maximum absolute atomic E-state index is 10.3. The van der Waals surface area contributed by atoms with Gasteiger partial charge in [-0.15, -0.1) is 11.3 Å². The van der Waals surface area contributed by atoms with E-state index in [1.165, 1.54) is 11.1 Å². The number of anilines is 1. The second-order valence-corrected chi connectivity index (χ2v) is 8.75. The smallest absolute Gasteiger partial charge is 0.181 e. The van der Waals surface area contributed by atoms with E-state index in [1.807, 2.05) is 18.2 Å². The van der Waals surface area contributed by atoms with Gasteiger partial charge in [-0.1, -0.05) is 31.2 Å². The van der Waals surface area contributed by atoms with Gasteiger partial charge in [0, 0.05) is 30.2 Å². The Balaban J connectivity index is 1.70. The summed E-state index contributed by atoms with van der Waals surface area (Å²) >= 11 is 1.65. The third kappa shape index (κ3) is 3.58. The molecule has 3 aromatic rings. The number of allylic oxidation sites excluding steroid dienone is 4. The Kier molecular flexibility index (Phi) is 4.89. The average molecular weight is 405 g/mol. The quantitative estimate of drug-likeness (QED) is 0.686. The fraction of sp³-hybridized carbons (Fsp3) is 0.348. The van der Waals surface area contributed by atoms with Gasteiger partial charge in [0.25, 0.3) is 0 Å². The first-order chi connectivity index (χ1) is 14.2. The summed E-state index contributed by atoms with van der Waals surface area (Å²) in [6.45, 7) is 3.75. The first-order valence-corrected chi connectivity index (χ1v) is 11.1. The van der Waals surface area contributed by atoms with E-state index in [1.54, 1.807) is 17.5 Å². The molecule has 0 amide bonds. The topological polar surface area (TPSA) is 62.1 Å². The molecule has 148 valence electrons. The molecular formula is C23H24N4OS. The van der Waals surface area contributed by atoms with Crippen LogP contribution in [0, 0.1) is 5.92 Å². The van der Waals surface area contributed by atoms with Crippen LogP contribution in [0.2, 0.25) is 0 Å². The number of pyridine rings is 1. The molecule has 1 saturated heterocycles. The fourth-order valence-electron chi connectivity index (χ4n) is 4.14. The number of piperidine rings is 1. The van der Waals surface area contributed by atoms with Crippen LogP contribution >= 0.6 is 11.3 Å². The first-order valence-electron chi connectivity index (χ1n) is 10.2. The summed E-state index contributed by atoms with van der Waals surface area (Å²) in [6, 6.07) is 5.80. The van der Waals surface area contributed by atoms with Crippen LogP contribution in [0.3, 0.4) is 0 Å². The van der Waals surface area contributed by atoms with E-state index in [0.29, 0.717) is 18.3 Å². The van der Waals surface area contributed by atoms with Gasteiger partial charge >= 0.3 is 0 Å². The molecule has 4 heterocycles. The molecule has 5 rings (SSSR count). The van der Waals surface area contributed by atoms with Crippen LogP contribution in [-0.2, 0) is 0 Å². The third-order valence-electron chi connectivity index (χ3n) is 5.58. The van der Waals surface area contributed by atoms with Gasteiger partial charge in [-0.05, 0) is 42.9 Å². The zero-order chi connectivity index (χ0) is 19.8. The highest BCUT2D eigenvalue weighted by molar-refractivity contribution is 7.17. The lowest BCUT2D eigenvalue weighted by Crippen LogP contribution is -2.39. The maximum Gasteiger partial charge on any atom is 0.181 e. The number of rotatable bonds is 3. The predicted molar refractivity (Wildman–Crippen MR) is 119 cm³/mol. The summed E-state index contributed by atoms with van der Waals surface area (Å²) in [6.07, 6.45) is 11.1. The summed E-state index contributed by atoms with van der Waals surface area (Å²) in [5.41, 5.74) is 3.20. The van der Waals surface area contributed by atoms with Gasteiger partial charge in [0.15, 0.2) is 5.82 Å². The summed E-state index contributed by atoms with van der Waals surface area (Å²) < 4.78 is 0. The Morgan fingerprint density at radius 3 is 2.97 bits per heavy atom. The second kappa shape index (κ2) is 7.69. The molecule has 2 aliphatic rings. The Hall–Kier alpha value is -2.57. The number of hydrogen-bond acceptors (Lipinski definition) is 6. The standard InChI is InChI=1S/C23H24N4OS/c1-15-6-4-7-16(12-15)18-14-29-23-20(18)22(27-11-5-8-17(28)13-27)25-21(26-23)19-9-2-3-10-24-19/h2-4,7,9-10,12,14-15,17,28H,5-6,8,11,13H2,1H3. The predicted octanol–water partition coefficient (Wildman–Crippen LogP) is 4.69. The molecule has 29 heavy (non-hydrogen) atoms. The van der Waals surface area contributed by atoms with Crippen LogP contribution in [0.15, 0.2) is 48.0 Å². The van der Waals surface area contributed by atoms with E-state index in [-0.39, 0.29) is 6.10 Å². The van der Waals surface area contributed by atoms with Crippen molar-refractivity contribution >= 4 is 32.9 Å². The summed E-state index contributed by atoms with van der Waals surface area (Å²) in [7, 11) is 0. The van der Waals surface area contributed by atoms with E-state index in [9.17, 15) is 5.11 Å². The first kappa shape index (κ1) is 18.5. The third-order valence-corrected chi connectivity index (χ3v) is 6.46. The molecular weight excluding hydrogens is 380 g/mol. The molecule has 2 atom stereocenters. The Labute approximate surface area is 174 Å². The Morgan fingerprint density at radius 2 is 2.17 bits per heavy atom. The van der Waals surface area contributed by atoms with Crippen molar-refractivity contribution in [3.8, 4) is 11.5 Å². The van der Waals surface area contributed by atoms with Gasteiger partial charge in [-0.3, -0.25) is 4.98 Å². The number of aromatic nitrogens is 3. The number of thiophene rings is 1. The van der Waals surface area contributed by atoms with Gasteiger partial charge < -0.3 is 10.0 Å². The van der Waals surface area contributed by atoms with Crippen LogP contribution in [-0.4, -0.2) is 39.3 Å². The average Bonchev–Trinajstić information content (AvgIpc) is 3.18. The van der Waals surface area contributed by atoms with Crippen molar-refractivity contribution in [2.24, 2.45) is 5.92 Å². The van der Waals surface area contributed by atoms with E-state index in [0.717, 1.165) is 47.5 Å². The van der Waals surface area contributed by atoms with E-state index < -0.39 is 0 Å². The van der Waals surface area contributed by atoms with Crippen molar-refractivity contribution in [2.45, 2.75) is 32.3 Å². The van der Waals surface area contributed by atoms with Crippen molar-refractivity contribution in [3.05, 3.63) is 53.6 Å². The normalized spacial score (nSPS) is 22.1. The monoisotopic (exact) mass is 404 g/mol. The minimum atomic E-state index is -0.317. The van der Waals surface area contributed by atoms with E-state index >= 15 is 0 Å². The Morgan fingerprint density at radius 1 is 1.24 bits per heavy atom. The summed E-state index contributed by atoms with van der Waals surface area (Å²) in [5, 5.41) is 13.6. The van der Waals surface area contributed by atoms with Crippen LogP contribution in [0.25, 0.3) is 27.3 Å². The fourth-order valence-corrected chi connectivity index (χ4v) is 5.08. The van der Waals surface area contributed by atoms with Crippen LogP contribution in [0.1, 0.15) is 31.7 Å². The molecule has 6 heteroatoms. The highest BCUT2D eigenvalue weighted by Crippen LogP contribution is 2.39. The zero-order valence-electron chi connectivity index (χ0n) is 16.5. The minimum absolute atomic E-state index is 0.317. The molecule has 1 N–H and O–H groups in total. The number of hydrogen-bond donors (Lipinski definition) is 1. The number of nitrogens with zero attached hydrogens (tertiary/aromatic N) is 4. The molecule has 5 nitrogen and oxygen atoms in total. The van der Waals surface area contributed by atoms with E-state index in [2.05, 4.69) is 40.4 Å². The Bertz CT molecular complexity index is 1090. The minimum Gasteiger partial charge on any atom is -0.391 e. The summed E-state index contributed by atoms with van der Waals surface area (Å²) in [4.78, 5) is 17.5. The molecule has 2 unspecified atom stereocenters. The molecule has 3 aromatic heterocycles. The number of aliphatic hydroxyl groups is 1. The number of aliphatic hydroxyl groups excluding tert-OH is 1. The second-order valence-electron chi connectivity index (χ2n) is 7.89. The molecule has 1 aliphatic heterocycles. The molecule has 0 saturated carbocycles. The van der Waals surface area contributed by atoms with Crippen molar-refractivity contribution in [2.75, 3.05) is 18.0 Å². The van der Waals surface area contributed by atoms with Crippen molar-refractivity contribution in [1.29, 1.82) is 0 Å². The van der Waals surface area contributed by atoms with Crippen LogP contribution < -0.4 is 4.90 Å². The molecule has 1 aliphatic carbocycles. The highest BCUT2D eigenvalue weighted by atomic mass is 32.1.